The van der Waals surface area contributed by atoms with Gasteiger partial charge in [-0.25, -0.2) is 4.79 Å². The molecule has 2 aromatic heterocycles. The van der Waals surface area contributed by atoms with E-state index in [2.05, 4.69) is 25.5 Å². The van der Waals surface area contributed by atoms with Crippen LogP contribution < -0.4 is 16.6 Å². The molecule has 88 valence electrons. The Hall–Kier alpha value is -2.71. The van der Waals surface area contributed by atoms with Crippen LogP contribution in [0.15, 0.2) is 15.7 Å². The monoisotopic (exact) mass is 236 g/mol. The highest BCUT2D eigenvalue weighted by Gasteiger charge is 2.10. The lowest BCUT2D eigenvalue weighted by molar-refractivity contribution is 0.102. The predicted molar refractivity (Wildman–Crippen MR) is 56.8 cm³/mol. The van der Waals surface area contributed by atoms with Crippen molar-refractivity contribution in [3.8, 4) is 0 Å². The van der Waals surface area contributed by atoms with Crippen molar-refractivity contribution in [1.29, 1.82) is 0 Å². The van der Waals surface area contributed by atoms with Gasteiger partial charge in [0.25, 0.3) is 11.5 Å². The molecule has 0 aliphatic heterocycles. The van der Waals surface area contributed by atoms with Gasteiger partial charge in [0.05, 0.1) is 0 Å². The van der Waals surface area contributed by atoms with E-state index in [9.17, 15) is 14.4 Å². The SMILES string of the molecule is Cc1nc(NC(=O)c2cc(=O)[nH]c(=O)[nH]2)n[nH]1. The number of carbonyl (C=O) groups is 1. The second kappa shape index (κ2) is 4.04. The molecule has 9 heteroatoms. The first-order chi connectivity index (χ1) is 8.04. The molecule has 0 saturated carbocycles. The summed E-state index contributed by atoms with van der Waals surface area (Å²) in [5.74, 6) is -0.0828. The third-order valence-corrected chi connectivity index (χ3v) is 1.83. The minimum absolute atomic E-state index is 0.0635. The molecule has 17 heavy (non-hydrogen) atoms. The lowest BCUT2D eigenvalue weighted by Gasteiger charge is -1.99. The maximum Gasteiger partial charge on any atom is 0.326 e. The van der Waals surface area contributed by atoms with Crippen LogP contribution in [0.25, 0.3) is 0 Å². The van der Waals surface area contributed by atoms with E-state index in [0.717, 1.165) is 6.07 Å². The molecule has 2 aromatic rings. The number of nitrogens with one attached hydrogen (secondary N) is 4. The van der Waals surface area contributed by atoms with Crippen molar-refractivity contribution in [2.75, 3.05) is 5.32 Å². The summed E-state index contributed by atoms with van der Waals surface area (Å²) in [4.78, 5) is 41.5. The maximum absolute atomic E-state index is 11.6. The van der Waals surface area contributed by atoms with E-state index < -0.39 is 17.2 Å². The Morgan fingerprint density at radius 3 is 2.71 bits per heavy atom. The van der Waals surface area contributed by atoms with Crippen molar-refractivity contribution in [2.45, 2.75) is 6.92 Å². The zero-order valence-electron chi connectivity index (χ0n) is 8.70. The average Bonchev–Trinajstić information content (AvgIpc) is 2.62. The first-order valence-electron chi connectivity index (χ1n) is 4.58. The quantitative estimate of drug-likeness (QED) is 0.516. The Morgan fingerprint density at radius 1 is 1.35 bits per heavy atom. The van der Waals surface area contributed by atoms with Crippen LogP contribution in [-0.2, 0) is 0 Å². The van der Waals surface area contributed by atoms with Crippen molar-refractivity contribution in [2.24, 2.45) is 0 Å². The van der Waals surface area contributed by atoms with Gasteiger partial charge in [0, 0.05) is 6.07 Å². The van der Waals surface area contributed by atoms with Crippen LogP contribution in [0.4, 0.5) is 5.95 Å². The molecule has 0 unspecified atom stereocenters. The number of hydrogen-bond acceptors (Lipinski definition) is 5. The second-order valence-corrected chi connectivity index (χ2v) is 3.20. The normalized spacial score (nSPS) is 10.2. The Morgan fingerprint density at radius 2 is 2.12 bits per heavy atom. The number of nitrogens with zero attached hydrogens (tertiary/aromatic N) is 2. The molecule has 0 atom stereocenters. The summed E-state index contributed by atoms with van der Waals surface area (Å²) in [6, 6.07) is 0.968. The Kier molecular flexibility index (Phi) is 2.57. The predicted octanol–water partition coefficient (Wildman–Crippen LogP) is -1.26. The number of rotatable bonds is 2. The molecule has 4 N–H and O–H groups in total. The fourth-order valence-electron chi connectivity index (χ4n) is 1.16. The van der Waals surface area contributed by atoms with Crippen molar-refractivity contribution in [3.05, 3.63) is 38.4 Å². The number of aromatic amines is 3. The number of amides is 1. The van der Waals surface area contributed by atoms with Gasteiger partial charge in [0.2, 0.25) is 5.95 Å². The summed E-state index contributed by atoms with van der Waals surface area (Å²) in [7, 11) is 0. The van der Waals surface area contributed by atoms with Crippen molar-refractivity contribution >= 4 is 11.9 Å². The van der Waals surface area contributed by atoms with Crippen LogP contribution in [-0.4, -0.2) is 31.1 Å². The Labute approximate surface area is 93.3 Å². The molecular formula is C8H8N6O3. The molecule has 1 amide bonds. The largest absolute Gasteiger partial charge is 0.326 e. The lowest BCUT2D eigenvalue weighted by Crippen LogP contribution is -2.27. The van der Waals surface area contributed by atoms with Gasteiger partial charge in [-0.2, -0.15) is 4.98 Å². The van der Waals surface area contributed by atoms with Crippen LogP contribution in [0.1, 0.15) is 16.3 Å². The van der Waals surface area contributed by atoms with Gasteiger partial charge in [-0.3, -0.25) is 25.0 Å². The van der Waals surface area contributed by atoms with E-state index in [0.29, 0.717) is 5.82 Å². The summed E-state index contributed by atoms with van der Waals surface area (Å²) in [6.45, 7) is 1.66. The standard InChI is InChI=1S/C8H8N6O3/c1-3-9-7(14-13-3)12-6(16)4-2-5(15)11-8(17)10-4/h2H,1H3,(H2,10,11,15,17)(H2,9,12,13,14,16). The molecule has 0 saturated heterocycles. The molecule has 0 aromatic carbocycles. The van der Waals surface area contributed by atoms with Crippen molar-refractivity contribution in [3.63, 3.8) is 0 Å². The highest BCUT2D eigenvalue weighted by atomic mass is 16.2. The Bertz CT molecular complexity index is 638. The smallest absolute Gasteiger partial charge is 0.303 e. The number of carbonyl (C=O) groups excluding carboxylic acids is 1. The van der Waals surface area contributed by atoms with Gasteiger partial charge in [0.1, 0.15) is 11.5 Å². The third kappa shape index (κ3) is 2.45. The molecule has 0 aliphatic carbocycles. The molecule has 2 rings (SSSR count). The van der Waals surface area contributed by atoms with Gasteiger partial charge >= 0.3 is 5.69 Å². The molecule has 0 radical (unpaired) electrons. The van der Waals surface area contributed by atoms with E-state index in [1.165, 1.54) is 0 Å². The first-order valence-corrected chi connectivity index (χ1v) is 4.58. The zero-order chi connectivity index (χ0) is 12.4. The van der Waals surface area contributed by atoms with E-state index in [1.807, 2.05) is 4.98 Å². The summed E-state index contributed by atoms with van der Waals surface area (Å²) in [5.41, 5.74) is -1.58. The summed E-state index contributed by atoms with van der Waals surface area (Å²) in [5, 5.41) is 8.53. The van der Waals surface area contributed by atoms with Crippen LogP contribution in [0.5, 0.6) is 0 Å². The molecular weight excluding hydrogens is 228 g/mol. The van der Waals surface area contributed by atoms with Gasteiger partial charge in [0.15, 0.2) is 0 Å². The molecule has 0 fully saturated rings. The van der Waals surface area contributed by atoms with Crippen LogP contribution in [0.3, 0.4) is 0 Å². The average molecular weight is 236 g/mol. The maximum atomic E-state index is 11.6. The molecule has 0 bridgehead atoms. The topological polar surface area (TPSA) is 136 Å². The third-order valence-electron chi connectivity index (χ3n) is 1.83. The molecule has 0 spiro atoms. The minimum atomic E-state index is -0.756. The van der Waals surface area contributed by atoms with E-state index in [-0.39, 0.29) is 11.6 Å². The van der Waals surface area contributed by atoms with Crippen LogP contribution in [0, 0.1) is 6.92 Å². The van der Waals surface area contributed by atoms with Gasteiger partial charge < -0.3 is 4.98 Å². The fourth-order valence-corrected chi connectivity index (χ4v) is 1.16. The molecule has 9 nitrogen and oxygen atoms in total. The number of anilines is 1. The van der Waals surface area contributed by atoms with Gasteiger partial charge in [-0.05, 0) is 6.92 Å². The lowest BCUT2D eigenvalue weighted by atomic mass is 10.4. The highest BCUT2D eigenvalue weighted by molar-refractivity contribution is 6.01. The summed E-state index contributed by atoms with van der Waals surface area (Å²) in [6.07, 6.45) is 0. The number of aromatic nitrogens is 5. The van der Waals surface area contributed by atoms with E-state index in [1.54, 1.807) is 6.92 Å². The number of hydrogen-bond donors (Lipinski definition) is 4. The molecule has 0 aliphatic rings. The minimum Gasteiger partial charge on any atom is -0.303 e. The summed E-state index contributed by atoms with van der Waals surface area (Å²) < 4.78 is 0. The Balaban J connectivity index is 2.26. The van der Waals surface area contributed by atoms with Gasteiger partial charge in [-0.1, -0.05) is 0 Å². The molecule has 2 heterocycles. The summed E-state index contributed by atoms with van der Waals surface area (Å²) >= 11 is 0. The van der Waals surface area contributed by atoms with Gasteiger partial charge in [-0.15, -0.1) is 5.10 Å². The van der Waals surface area contributed by atoms with Crippen molar-refractivity contribution in [1.82, 2.24) is 25.1 Å². The highest BCUT2D eigenvalue weighted by Crippen LogP contribution is 1.99. The van der Waals surface area contributed by atoms with Crippen molar-refractivity contribution < 1.29 is 4.79 Å². The first kappa shape index (κ1) is 10.8. The van der Waals surface area contributed by atoms with Crippen LogP contribution in [0.2, 0.25) is 0 Å². The second-order valence-electron chi connectivity index (χ2n) is 3.20. The fraction of sp³-hybridized carbons (Fsp3) is 0.125. The van der Waals surface area contributed by atoms with E-state index >= 15 is 0 Å². The van der Waals surface area contributed by atoms with E-state index in [4.69, 9.17) is 0 Å². The van der Waals surface area contributed by atoms with Crippen LogP contribution >= 0.6 is 0 Å². The number of H-pyrrole nitrogens is 3. The zero-order valence-corrected chi connectivity index (χ0v) is 8.70. The number of aryl methyl sites for hydroxylation is 1.